The Hall–Kier alpha value is -1.94. The predicted molar refractivity (Wildman–Crippen MR) is 372 cm³/mol. The number of ether oxygens (including phenoxy) is 4. The van der Waals surface area contributed by atoms with Crippen molar-refractivity contribution in [3.8, 4) is 0 Å². The molecule has 0 heterocycles. The van der Waals surface area contributed by atoms with Gasteiger partial charge < -0.3 is 33.8 Å². The van der Waals surface area contributed by atoms with Gasteiger partial charge in [0.25, 0.3) is 0 Å². The number of aliphatic hydroxyl groups is 1. The number of rotatable bonds is 71. The van der Waals surface area contributed by atoms with E-state index < -0.39 is 97.5 Å². The fourth-order valence-corrected chi connectivity index (χ4v) is 12.6. The van der Waals surface area contributed by atoms with Gasteiger partial charge in [-0.05, 0) is 43.4 Å². The van der Waals surface area contributed by atoms with Gasteiger partial charge in [-0.3, -0.25) is 37.3 Å². The van der Waals surface area contributed by atoms with Gasteiger partial charge in [0.05, 0.1) is 26.4 Å². The molecule has 0 saturated heterocycles. The summed E-state index contributed by atoms with van der Waals surface area (Å²) in [5.41, 5.74) is 0. The second kappa shape index (κ2) is 63.8. The van der Waals surface area contributed by atoms with Crippen LogP contribution in [0.2, 0.25) is 0 Å². The van der Waals surface area contributed by atoms with Gasteiger partial charge in [0.2, 0.25) is 0 Å². The van der Waals surface area contributed by atoms with Crippen LogP contribution in [0.25, 0.3) is 0 Å². The van der Waals surface area contributed by atoms with Gasteiger partial charge in [-0.2, -0.15) is 0 Å². The molecule has 3 N–H and O–H groups in total. The smallest absolute Gasteiger partial charge is 0.462 e. The number of carbonyl (C=O) groups excluding carboxylic acids is 4. The van der Waals surface area contributed by atoms with Crippen molar-refractivity contribution in [2.75, 3.05) is 39.6 Å². The van der Waals surface area contributed by atoms with Crippen molar-refractivity contribution in [1.82, 2.24) is 0 Å². The van der Waals surface area contributed by atoms with Crippen LogP contribution in [-0.2, 0) is 65.4 Å². The zero-order valence-corrected chi connectivity index (χ0v) is 61.8. The van der Waals surface area contributed by atoms with Crippen molar-refractivity contribution in [2.24, 2.45) is 17.8 Å². The lowest BCUT2D eigenvalue weighted by Gasteiger charge is -2.21. The third-order valence-electron chi connectivity index (χ3n) is 17.6. The fraction of sp³-hybridized carbons (Fsp3) is 0.945. The van der Waals surface area contributed by atoms with E-state index in [0.717, 1.165) is 120 Å². The maximum absolute atomic E-state index is 13.1. The minimum absolute atomic E-state index is 0.104. The molecule has 0 rings (SSSR count). The van der Waals surface area contributed by atoms with Crippen molar-refractivity contribution in [3.05, 3.63) is 0 Å². The fourth-order valence-electron chi connectivity index (χ4n) is 11.0. The van der Waals surface area contributed by atoms with E-state index >= 15 is 0 Å². The van der Waals surface area contributed by atoms with E-state index in [4.69, 9.17) is 37.0 Å². The molecule has 4 unspecified atom stereocenters. The lowest BCUT2D eigenvalue weighted by Crippen LogP contribution is -2.30. The minimum Gasteiger partial charge on any atom is -0.462 e. The Bertz CT molecular complexity index is 1810. The Kier molecular flexibility index (Phi) is 62.4. The van der Waals surface area contributed by atoms with Gasteiger partial charge in [-0.15, -0.1) is 0 Å². The molecule has 0 spiro atoms. The van der Waals surface area contributed by atoms with Crippen LogP contribution in [0.3, 0.4) is 0 Å². The van der Waals surface area contributed by atoms with E-state index in [1.807, 2.05) is 0 Å². The quantitative estimate of drug-likeness (QED) is 0.0222. The van der Waals surface area contributed by atoms with E-state index in [9.17, 15) is 43.2 Å². The SMILES string of the molecule is CCCCCCCCCC(=O)OC[C@H](COP(=O)(O)OC[C@H](O)COP(=O)(O)OC[C@@H](COC(=O)CCCCCCCCCCC(C)CC)OC(=O)CCCCCCCCCCCCCCCCCCCCC(C)CC)OC(=O)CCCCCCCCCCC(C)C. The van der Waals surface area contributed by atoms with Crippen LogP contribution in [0.4, 0.5) is 0 Å². The first kappa shape index (κ1) is 90.1. The second-order valence-electron chi connectivity index (χ2n) is 27.3. The summed E-state index contributed by atoms with van der Waals surface area (Å²) in [6.45, 7) is 11.9. The van der Waals surface area contributed by atoms with Gasteiger partial charge >= 0.3 is 39.5 Å². The maximum atomic E-state index is 13.1. The molecule has 0 fully saturated rings. The number of aliphatic hydroxyl groups excluding tert-OH is 1. The highest BCUT2D eigenvalue weighted by atomic mass is 31.2. The highest BCUT2D eigenvalue weighted by Crippen LogP contribution is 2.45. The standard InChI is InChI=1S/C73H142O17P2/c1-8-11-12-13-30-40-47-54-70(75)83-60-68(90-73(78)57-50-43-36-28-26-31-37-44-51-64(4)5)62-87-91(79,80)85-58-67(74)59-86-92(81,82)88-63-69(61-84-71(76)55-48-41-34-29-27-33-39-46-53-66(7)10-3)89-72(77)56-49-42-35-25-23-21-19-17-15-14-16-18-20-22-24-32-38-45-52-65(6)9-2/h64-69,74H,8-63H2,1-7H3,(H,79,80)(H,81,82)/t65?,66?,67-,68+,69+/m0/s1. The summed E-state index contributed by atoms with van der Waals surface area (Å²) in [4.78, 5) is 72.5. The predicted octanol–water partition coefficient (Wildman–Crippen LogP) is 21.0. The van der Waals surface area contributed by atoms with Crippen molar-refractivity contribution >= 4 is 39.5 Å². The van der Waals surface area contributed by atoms with Crippen LogP contribution in [0.5, 0.6) is 0 Å². The molecule has 0 bridgehead atoms. The van der Waals surface area contributed by atoms with Crippen LogP contribution < -0.4 is 0 Å². The van der Waals surface area contributed by atoms with Crippen molar-refractivity contribution in [1.29, 1.82) is 0 Å². The molecule has 0 aliphatic carbocycles. The van der Waals surface area contributed by atoms with Gasteiger partial charge in [-0.1, -0.05) is 318 Å². The summed E-state index contributed by atoms with van der Waals surface area (Å²) in [7, 11) is -9.90. The highest BCUT2D eigenvalue weighted by molar-refractivity contribution is 7.47. The van der Waals surface area contributed by atoms with Crippen molar-refractivity contribution in [2.45, 2.75) is 388 Å². The molecule has 92 heavy (non-hydrogen) atoms. The third kappa shape index (κ3) is 64.1. The average Bonchev–Trinajstić information content (AvgIpc) is 1.50. The second-order valence-corrected chi connectivity index (χ2v) is 30.2. The number of phosphoric acid groups is 2. The van der Waals surface area contributed by atoms with E-state index in [-0.39, 0.29) is 25.7 Å². The third-order valence-corrected chi connectivity index (χ3v) is 19.5. The van der Waals surface area contributed by atoms with Gasteiger partial charge in [0, 0.05) is 25.7 Å². The highest BCUT2D eigenvalue weighted by Gasteiger charge is 2.30. The summed E-state index contributed by atoms with van der Waals surface area (Å²) in [6, 6.07) is 0. The van der Waals surface area contributed by atoms with E-state index in [1.54, 1.807) is 0 Å². The molecule has 0 saturated carbocycles. The topological polar surface area (TPSA) is 237 Å². The van der Waals surface area contributed by atoms with Crippen LogP contribution in [0, 0.1) is 17.8 Å². The number of phosphoric ester groups is 2. The molecule has 0 aromatic rings. The first-order chi connectivity index (χ1) is 44.3. The molecular weight excluding hydrogens is 1210 g/mol. The number of hydrogen-bond acceptors (Lipinski definition) is 15. The van der Waals surface area contributed by atoms with Gasteiger partial charge in [0.15, 0.2) is 12.2 Å². The molecule has 17 nitrogen and oxygen atoms in total. The van der Waals surface area contributed by atoms with E-state index in [1.165, 1.54) is 167 Å². The molecule has 0 aliphatic rings. The summed E-state index contributed by atoms with van der Waals surface area (Å²) in [6.07, 6.45) is 48.8. The van der Waals surface area contributed by atoms with Gasteiger partial charge in [0.1, 0.15) is 19.3 Å². The first-order valence-electron chi connectivity index (χ1n) is 37.9. The monoisotopic (exact) mass is 1350 g/mol. The van der Waals surface area contributed by atoms with Crippen LogP contribution in [-0.4, -0.2) is 96.7 Å². The van der Waals surface area contributed by atoms with Crippen molar-refractivity contribution < 1.29 is 80.2 Å². The van der Waals surface area contributed by atoms with Crippen LogP contribution >= 0.6 is 15.6 Å². The lowest BCUT2D eigenvalue weighted by molar-refractivity contribution is -0.161. The summed E-state index contributed by atoms with van der Waals surface area (Å²) in [5, 5.41) is 10.6. The van der Waals surface area contributed by atoms with Crippen LogP contribution in [0.15, 0.2) is 0 Å². The molecule has 0 amide bonds. The zero-order valence-electron chi connectivity index (χ0n) is 60.0. The zero-order chi connectivity index (χ0) is 68.0. The van der Waals surface area contributed by atoms with E-state index in [2.05, 4.69) is 48.5 Å². The average molecular weight is 1350 g/mol. The normalized spacial score (nSPS) is 14.7. The molecule has 0 radical (unpaired) electrons. The Morgan fingerprint density at radius 1 is 0.315 bits per heavy atom. The summed E-state index contributed by atoms with van der Waals surface area (Å²) in [5.74, 6) is 0.237. The minimum atomic E-state index is -4.95. The molecule has 0 aliphatic heterocycles. The Labute approximate surface area is 562 Å². The molecule has 19 heteroatoms. The molecular formula is C73H142O17P2. The number of carbonyl (C=O) groups is 4. The number of unbranched alkanes of at least 4 members (excludes halogenated alkanes) is 37. The Balaban J connectivity index is 5.14. The Morgan fingerprint density at radius 2 is 0.554 bits per heavy atom. The summed E-state index contributed by atoms with van der Waals surface area (Å²) >= 11 is 0. The lowest BCUT2D eigenvalue weighted by atomic mass is 9.99. The maximum Gasteiger partial charge on any atom is 0.472 e. The molecule has 7 atom stereocenters. The van der Waals surface area contributed by atoms with Crippen molar-refractivity contribution in [3.63, 3.8) is 0 Å². The largest absolute Gasteiger partial charge is 0.472 e. The molecule has 0 aromatic heterocycles. The molecule has 0 aromatic carbocycles. The summed E-state index contributed by atoms with van der Waals surface area (Å²) < 4.78 is 68.2. The molecule has 546 valence electrons. The van der Waals surface area contributed by atoms with E-state index in [0.29, 0.717) is 25.7 Å². The number of esters is 4. The van der Waals surface area contributed by atoms with Crippen LogP contribution in [0.1, 0.15) is 370 Å². The van der Waals surface area contributed by atoms with Gasteiger partial charge in [-0.25, -0.2) is 9.13 Å². The Morgan fingerprint density at radius 3 is 0.826 bits per heavy atom. The number of hydrogen-bond donors (Lipinski definition) is 3. The first-order valence-corrected chi connectivity index (χ1v) is 40.9.